The Labute approximate surface area is 236 Å². The molecule has 0 bridgehead atoms. The topological polar surface area (TPSA) is 119 Å². The lowest BCUT2D eigenvalue weighted by Gasteiger charge is -2.26. The lowest BCUT2D eigenvalue weighted by atomic mass is 10.1. The molecule has 206 valence electrons. The summed E-state index contributed by atoms with van der Waals surface area (Å²) in [6, 6.07) is 27.1. The van der Waals surface area contributed by atoms with Crippen molar-refractivity contribution in [2.24, 2.45) is 0 Å². The molecule has 1 saturated heterocycles. The predicted molar refractivity (Wildman–Crippen MR) is 152 cm³/mol. The highest BCUT2D eigenvalue weighted by Crippen LogP contribution is 2.26. The molecule has 4 aromatic rings. The van der Waals surface area contributed by atoms with Crippen molar-refractivity contribution in [2.75, 3.05) is 4.90 Å². The lowest BCUT2D eigenvalue weighted by Crippen LogP contribution is -2.54. The average Bonchev–Trinajstić information content (AvgIpc) is 2.96. The molecule has 0 radical (unpaired) electrons. The standard InChI is InChI=1S/C31H24N2O7S/c1-21-7-17-27(18-8-21)41(37,38)40-26-13-9-22(10-14-26)19-28-29(34)32-31(36)33(30(28)35)24-11-15-25(16-12-24)39-20-23-5-3-2-4-6-23/h2-19H,20H2,1H3,(H,32,34,36)/b28-19+. The summed E-state index contributed by atoms with van der Waals surface area (Å²) in [7, 11) is -4.04. The summed E-state index contributed by atoms with van der Waals surface area (Å²) in [5, 5.41) is 2.18. The van der Waals surface area contributed by atoms with Crippen LogP contribution in [0, 0.1) is 6.92 Å². The molecule has 0 unspecified atom stereocenters. The molecular formula is C31H24N2O7S. The van der Waals surface area contributed by atoms with Gasteiger partial charge in [-0.25, -0.2) is 9.69 Å². The van der Waals surface area contributed by atoms with E-state index in [0.29, 0.717) is 17.9 Å². The van der Waals surface area contributed by atoms with Gasteiger partial charge in [0.25, 0.3) is 11.8 Å². The molecule has 10 heteroatoms. The molecule has 0 saturated carbocycles. The fourth-order valence-electron chi connectivity index (χ4n) is 3.99. The molecule has 5 rings (SSSR count). The Kier molecular flexibility index (Phi) is 7.66. The summed E-state index contributed by atoms with van der Waals surface area (Å²) in [5.74, 6) is -1.06. The molecule has 1 heterocycles. The van der Waals surface area contributed by atoms with Gasteiger partial charge in [0.15, 0.2) is 0 Å². The van der Waals surface area contributed by atoms with Crippen molar-refractivity contribution in [3.8, 4) is 11.5 Å². The van der Waals surface area contributed by atoms with E-state index < -0.39 is 28.0 Å². The molecule has 41 heavy (non-hydrogen) atoms. The number of barbiturate groups is 1. The molecule has 1 aliphatic rings. The maximum atomic E-state index is 13.2. The summed E-state index contributed by atoms with van der Waals surface area (Å²) < 4.78 is 36.1. The first-order valence-electron chi connectivity index (χ1n) is 12.5. The summed E-state index contributed by atoms with van der Waals surface area (Å²) in [5.41, 5.74) is 2.30. The number of rotatable bonds is 8. The Morgan fingerprint density at radius 1 is 0.780 bits per heavy atom. The number of ether oxygens (including phenoxy) is 1. The Balaban J connectivity index is 1.30. The first-order valence-corrected chi connectivity index (χ1v) is 13.9. The van der Waals surface area contributed by atoms with Crippen molar-refractivity contribution in [3.63, 3.8) is 0 Å². The number of carbonyl (C=O) groups excluding carboxylic acids is 3. The van der Waals surface area contributed by atoms with Crippen LogP contribution in [0.4, 0.5) is 10.5 Å². The van der Waals surface area contributed by atoms with Gasteiger partial charge in [-0.05, 0) is 72.7 Å². The predicted octanol–water partition coefficient (Wildman–Crippen LogP) is 5.01. The van der Waals surface area contributed by atoms with Crippen LogP contribution in [-0.2, 0) is 26.3 Å². The van der Waals surface area contributed by atoms with Crippen molar-refractivity contribution >= 4 is 39.7 Å². The first-order chi connectivity index (χ1) is 19.7. The Morgan fingerprint density at radius 2 is 1.41 bits per heavy atom. The van der Waals surface area contributed by atoms with E-state index in [1.54, 1.807) is 36.4 Å². The van der Waals surface area contributed by atoms with Gasteiger partial charge >= 0.3 is 16.1 Å². The fourth-order valence-corrected chi connectivity index (χ4v) is 4.92. The minimum atomic E-state index is -4.04. The number of hydrogen-bond acceptors (Lipinski definition) is 7. The molecule has 0 atom stereocenters. The van der Waals surface area contributed by atoms with Crippen LogP contribution in [0.1, 0.15) is 16.7 Å². The number of imide groups is 2. The Hall–Kier alpha value is -5.22. The van der Waals surface area contributed by atoms with Gasteiger partial charge in [0.1, 0.15) is 28.6 Å². The fraction of sp³-hybridized carbons (Fsp3) is 0.0645. The van der Waals surface area contributed by atoms with E-state index in [1.807, 2.05) is 37.3 Å². The summed E-state index contributed by atoms with van der Waals surface area (Å²) in [6.07, 6.45) is 1.31. The van der Waals surface area contributed by atoms with E-state index in [9.17, 15) is 22.8 Å². The molecule has 4 amide bonds. The monoisotopic (exact) mass is 568 g/mol. The third kappa shape index (κ3) is 6.34. The molecule has 0 aromatic heterocycles. The van der Waals surface area contributed by atoms with E-state index in [1.165, 1.54) is 42.5 Å². The maximum Gasteiger partial charge on any atom is 0.339 e. The molecule has 4 aromatic carbocycles. The van der Waals surface area contributed by atoms with E-state index >= 15 is 0 Å². The SMILES string of the molecule is Cc1ccc(S(=O)(=O)Oc2ccc(/C=C3\C(=O)NC(=O)N(c4ccc(OCc5ccccc5)cc4)C3=O)cc2)cc1. The number of nitrogens with one attached hydrogen (secondary N) is 1. The minimum absolute atomic E-state index is 0.0133. The van der Waals surface area contributed by atoms with Gasteiger partial charge in [-0.3, -0.25) is 14.9 Å². The molecule has 1 fully saturated rings. The van der Waals surface area contributed by atoms with Crippen LogP contribution in [0.5, 0.6) is 11.5 Å². The van der Waals surface area contributed by atoms with Crippen molar-refractivity contribution < 1.29 is 31.7 Å². The second-order valence-corrected chi connectivity index (χ2v) is 10.7. The highest BCUT2D eigenvalue weighted by Gasteiger charge is 2.36. The van der Waals surface area contributed by atoms with Crippen LogP contribution in [0.2, 0.25) is 0 Å². The highest BCUT2D eigenvalue weighted by atomic mass is 32.2. The maximum absolute atomic E-state index is 13.2. The van der Waals surface area contributed by atoms with Crippen molar-refractivity contribution in [3.05, 3.63) is 125 Å². The number of benzene rings is 4. The molecule has 0 aliphatic carbocycles. The normalized spacial score (nSPS) is 14.6. The molecule has 9 nitrogen and oxygen atoms in total. The molecule has 0 spiro atoms. The second kappa shape index (κ2) is 11.5. The van der Waals surface area contributed by atoms with E-state index in [0.717, 1.165) is 16.0 Å². The van der Waals surface area contributed by atoms with Gasteiger partial charge in [0.05, 0.1) is 5.69 Å². The number of anilines is 1. The summed E-state index contributed by atoms with van der Waals surface area (Å²) in [6.45, 7) is 2.20. The van der Waals surface area contributed by atoms with Gasteiger partial charge in [-0.15, -0.1) is 0 Å². The Bertz CT molecular complexity index is 1730. The van der Waals surface area contributed by atoms with E-state index in [2.05, 4.69) is 5.32 Å². The second-order valence-electron chi connectivity index (χ2n) is 9.15. The van der Waals surface area contributed by atoms with Gasteiger partial charge in [-0.2, -0.15) is 8.42 Å². The zero-order valence-electron chi connectivity index (χ0n) is 21.8. The minimum Gasteiger partial charge on any atom is -0.489 e. The molecule has 1 aliphatic heterocycles. The quantitative estimate of drug-likeness (QED) is 0.180. The van der Waals surface area contributed by atoms with Crippen LogP contribution in [-0.4, -0.2) is 26.3 Å². The van der Waals surface area contributed by atoms with Crippen molar-refractivity contribution in [2.45, 2.75) is 18.4 Å². The summed E-state index contributed by atoms with van der Waals surface area (Å²) in [4.78, 5) is 39.2. The number of amides is 4. The number of nitrogens with zero attached hydrogens (tertiary/aromatic N) is 1. The zero-order valence-corrected chi connectivity index (χ0v) is 22.6. The molecular weight excluding hydrogens is 544 g/mol. The van der Waals surface area contributed by atoms with Crippen LogP contribution in [0.3, 0.4) is 0 Å². The van der Waals surface area contributed by atoms with E-state index in [-0.39, 0.29) is 21.9 Å². The zero-order chi connectivity index (χ0) is 29.0. The largest absolute Gasteiger partial charge is 0.489 e. The third-order valence-corrected chi connectivity index (χ3v) is 7.41. The first kappa shape index (κ1) is 27.4. The Morgan fingerprint density at radius 3 is 2.07 bits per heavy atom. The van der Waals surface area contributed by atoms with Crippen molar-refractivity contribution in [1.29, 1.82) is 0 Å². The lowest BCUT2D eigenvalue weighted by molar-refractivity contribution is -0.122. The highest BCUT2D eigenvalue weighted by molar-refractivity contribution is 7.87. The summed E-state index contributed by atoms with van der Waals surface area (Å²) >= 11 is 0. The number of carbonyl (C=O) groups is 3. The third-order valence-electron chi connectivity index (χ3n) is 6.15. The van der Waals surface area contributed by atoms with Crippen LogP contribution < -0.4 is 19.1 Å². The van der Waals surface area contributed by atoms with Gasteiger partial charge in [0.2, 0.25) is 0 Å². The van der Waals surface area contributed by atoms with Crippen LogP contribution >= 0.6 is 0 Å². The number of urea groups is 1. The van der Waals surface area contributed by atoms with E-state index in [4.69, 9.17) is 8.92 Å². The van der Waals surface area contributed by atoms with Gasteiger partial charge in [0, 0.05) is 0 Å². The average molecular weight is 569 g/mol. The van der Waals surface area contributed by atoms with Crippen LogP contribution in [0.25, 0.3) is 6.08 Å². The molecule has 1 N–H and O–H groups in total. The number of hydrogen-bond donors (Lipinski definition) is 1. The van der Waals surface area contributed by atoms with Gasteiger partial charge < -0.3 is 8.92 Å². The smallest absolute Gasteiger partial charge is 0.339 e. The van der Waals surface area contributed by atoms with Crippen molar-refractivity contribution in [1.82, 2.24) is 5.32 Å². The van der Waals surface area contributed by atoms with Gasteiger partial charge in [-0.1, -0.05) is 60.2 Å². The van der Waals surface area contributed by atoms with Crippen LogP contribution in [0.15, 0.2) is 114 Å². The number of aryl methyl sites for hydroxylation is 1.